The number of anilines is 1. The van der Waals surface area contributed by atoms with E-state index >= 15 is 0 Å². The van der Waals surface area contributed by atoms with Gasteiger partial charge in [0.25, 0.3) is 5.91 Å². The predicted octanol–water partition coefficient (Wildman–Crippen LogP) is 0.659. The van der Waals surface area contributed by atoms with Crippen LogP contribution in [0.5, 0.6) is 0 Å². The second-order valence-electron chi connectivity index (χ2n) is 3.19. The summed E-state index contributed by atoms with van der Waals surface area (Å²) in [6.45, 7) is 0.182. The first-order chi connectivity index (χ1) is 7.56. The molecule has 1 amide bonds. The van der Waals surface area contributed by atoms with E-state index in [9.17, 15) is 13.6 Å². The Morgan fingerprint density at radius 1 is 1.38 bits per heavy atom. The molecule has 4 nitrogen and oxygen atoms in total. The molecule has 4 N–H and O–H groups in total. The lowest BCUT2D eigenvalue weighted by atomic mass is 10.1. The highest BCUT2D eigenvalue weighted by molar-refractivity contribution is 5.99. The lowest BCUT2D eigenvalue weighted by molar-refractivity contribution is 0.0951. The standard InChI is InChI=1S/C10H12F2N2O2/c11-7-4-6(9(13)5-8(7)12)10(16)14-2-1-3-15/h4-5,15H,1-3,13H2,(H,14,16). The molecule has 0 fully saturated rings. The van der Waals surface area contributed by atoms with Crippen LogP contribution in [-0.4, -0.2) is 24.2 Å². The number of halogens is 2. The molecule has 0 heterocycles. The first-order valence-electron chi connectivity index (χ1n) is 4.70. The fourth-order valence-electron chi connectivity index (χ4n) is 1.14. The summed E-state index contributed by atoms with van der Waals surface area (Å²) in [6.07, 6.45) is 0.384. The highest BCUT2D eigenvalue weighted by atomic mass is 19.2. The average molecular weight is 230 g/mol. The van der Waals surface area contributed by atoms with Gasteiger partial charge in [-0.3, -0.25) is 4.79 Å². The molecular weight excluding hydrogens is 218 g/mol. The normalized spacial score (nSPS) is 10.2. The highest BCUT2D eigenvalue weighted by Crippen LogP contribution is 2.16. The summed E-state index contributed by atoms with van der Waals surface area (Å²) in [4.78, 5) is 11.4. The molecule has 1 rings (SSSR count). The average Bonchev–Trinajstić information content (AvgIpc) is 2.23. The molecule has 0 saturated carbocycles. The predicted molar refractivity (Wildman–Crippen MR) is 54.8 cm³/mol. The van der Waals surface area contributed by atoms with Gasteiger partial charge < -0.3 is 16.2 Å². The number of hydrogen-bond donors (Lipinski definition) is 3. The van der Waals surface area contributed by atoms with Crippen molar-refractivity contribution >= 4 is 11.6 Å². The van der Waals surface area contributed by atoms with E-state index in [0.717, 1.165) is 12.1 Å². The maximum absolute atomic E-state index is 12.9. The number of benzene rings is 1. The minimum atomic E-state index is -1.12. The number of nitrogen functional groups attached to an aromatic ring is 1. The molecule has 16 heavy (non-hydrogen) atoms. The van der Waals surface area contributed by atoms with Gasteiger partial charge >= 0.3 is 0 Å². The Bertz CT molecular complexity index is 397. The summed E-state index contributed by atoms with van der Waals surface area (Å²) in [6, 6.07) is 1.51. The maximum Gasteiger partial charge on any atom is 0.253 e. The number of carbonyl (C=O) groups is 1. The van der Waals surface area contributed by atoms with Crippen LogP contribution < -0.4 is 11.1 Å². The summed E-state index contributed by atoms with van der Waals surface area (Å²) in [5.41, 5.74) is 5.14. The minimum absolute atomic E-state index is 0.0620. The molecule has 1 aromatic carbocycles. The van der Waals surface area contributed by atoms with Crippen LogP contribution in [0, 0.1) is 11.6 Å². The van der Waals surface area contributed by atoms with Crippen molar-refractivity contribution < 1.29 is 18.7 Å². The molecule has 0 aliphatic heterocycles. The van der Waals surface area contributed by atoms with Gasteiger partial charge in [-0.25, -0.2) is 8.78 Å². The molecular formula is C10H12F2N2O2. The van der Waals surface area contributed by atoms with E-state index in [1.54, 1.807) is 0 Å². The zero-order valence-corrected chi connectivity index (χ0v) is 8.46. The number of nitrogens with one attached hydrogen (secondary N) is 1. The molecule has 0 bridgehead atoms. The van der Waals surface area contributed by atoms with Crippen molar-refractivity contribution in [3.8, 4) is 0 Å². The first-order valence-corrected chi connectivity index (χ1v) is 4.70. The van der Waals surface area contributed by atoms with Gasteiger partial charge in [-0.15, -0.1) is 0 Å². The van der Waals surface area contributed by atoms with Gasteiger partial charge in [0.15, 0.2) is 11.6 Å². The fraction of sp³-hybridized carbons (Fsp3) is 0.300. The molecule has 0 aliphatic rings. The highest BCUT2D eigenvalue weighted by Gasteiger charge is 2.13. The zero-order chi connectivity index (χ0) is 12.1. The lowest BCUT2D eigenvalue weighted by Crippen LogP contribution is -2.26. The van der Waals surface area contributed by atoms with E-state index < -0.39 is 17.5 Å². The van der Waals surface area contributed by atoms with E-state index in [-0.39, 0.29) is 24.4 Å². The number of amides is 1. The lowest BCUT2D eigenvalue weighted by Gasteiger charge is -2.07. The summed E-state index contributed by atoms with van der Waals surface area (Å²) < 4.78 is 25.6. The third-order valence-corrected chi connectivity index (χ3v) is 1.96. The maximum atomic E-state index is 12.9. The SMILES string of the molecule is Nc1cc(F)c(F)cc1C(=O)NCCCO. The molecule has 0 spiro atoms. The number of rotatable bonds is 4. The monoisotopic (exact) mass is 230 g/mol. The van der Waals surface area contributed by atoms with E-state index in [1.165, 1.54) is 0 Å². The van der Waals surface area contributed by atoms with Crippen LogP contribution in [0.3, 0.4) is 0 Å². The molecule has 0 aromatic heterocycles. The summed E-state index contributed by atoms with van der Waals surface area (Å²) in [5, 5.41) is 10.9. The Morgan fingerprint density at radius 3 is 2.62 bits per heavy atom. The van der Waals surface area contributed by atoms with Crippen molar-refractivity contribution in [1.82, 2.24) is 5.32 Å². The molecule has 0 atom stereocenters. The Morgan fingerprint density at radius 2 is 2.00 bits per heavy atom. The largest absolute Gasteiger partial charge is 0.398 e. The van der Waals surface area contributed by atoms with Gasteiger partial charge in [-0.1, -0.05) is 0 Å². The fourth-order valence-corrected chi connectivity index (χ4v) is 1.14. The number of aliphatic hydroxyl groups excluding tert-OH is 1. The van der Waals surface area contributed by atoms with Crippen LogP contribution in [0.2, 0.25) is 0 Å². The van der Waals surface area contributed by atoms with Gasteiger partial charge in [0.2, 0.25) is 0 Å². The van der Waals surface area contributed by atoms with Crippen molar-refractivity contribution in [2.45, 2.75) is 6.42 Å². The van der Waals surface area contributed by atoms with Crippen molar-refractivity contribution in [2.24, 2.45) is 0 Å². The summed E-state index contributed by atoms with van der Waals surface area (Å²) in [5.74, 6) is -2.81. The van der Waals surface area contributed by atoms with Crippen LogP contribution in [0.4, 0.5) is 14.5 Å². The Hall–Kier alpha value is -1.69. The molecule has 0 saturated heterocycles. The Labute approximate surface area is 91.1 Å². The topological polar surface area (TPSA) is 75.4 Å². The van der Waals surface area contributed by atoms with Crippen LogP contribution in [-0.2, 0) is 0 Å². The van der Waals surface area contributed by atoms with Crippen molar-refractivity contribution in [3.05, 3.63) is 29.3 Å². The first kappa shape index (κ1) is 12.4. The number of aliphatic hydroxyl groups is 1. The van der Waals surface area contributed by atoms with Crippen molar-refractivity contribution in [3.63, 3.8) is 0 Å². The smallest absolute Gasteiger partial charge is 0.253 e. The van der Waals surface area contributed by atoms with Gasteiger partial charge in [0.1, 0.15) is 0 Å². The Balaban J connectivity index is 2.79. The van der Waals surface area contributed by atoms with Gasteiger partial charge in [0, 0.05) is 24.9 Å². The van der Waals surface area contributed by atoms with Crippen LogP contribution in [0.25, 0.3) is 0 Å². The van der Waals surface area contributed by atoms with Crippen LogP contribution >= 0.6 is 0 Å². The molecule has 0 radical (unpaired) electrons. The molecule has 6 heteroatoms. The number of carbonyl (C=O) groups excluding carboxylic acids is 1. The molecule has 0 aliphatic carbocycles. The van der Waals surface area contributed by atoms with Crippen molar-refractivity contribution in [2.75, 3.05) is 18.9 Å². The van der Waals surface area contributed by atoms with Crippen LogP contribution in [0.15, 0.2) is 12.1 Å². The molecule has 0 unspecified atom stereocenters. The van der Waals surface area contributed by atoms with E-state index in [2.05, 4.69) is 5.32 Å². The van der Waals surface area contributed by atoms with E-state index in [1.807, 2.05) is 0 Å². The quantitative estimate of drug-likeness (QED) is 0.525. The Kier molecular flexibility index (Phi) is 4.19. The van der Waals surface area contributed by atoms with Gasteiger partial charge in [0.05, 0.1) is 5.56 Å². The molecule has 1 aromatic rings. The van der Waals surface area contributed by atoms with E-state index in [4.69, 9.17) is 10.8 Å². The summed E-state index contributed by atoms with van der Waals surface area (Å²) in [7, 11) is 0. The third kappa shape index (κ3) is 2.90. The van der Waals surface area contributed by atoms with E-state index in [0.29, 0.717) is 6.42 Å². The second-order valence-corrected chi connectivity index (χ2v) is 3.19. The zero-order valence-electron chi connectivity index (χ0n) is 8.46. The summed E-state index contributed by atoms with van der Waals surface area (Å²) >= 11 is 0. The second kappa shape index (κ2) is 5.41. The molecule has 88 valence electrons. The third-order valence-electron chi connectivity index (χ3n) is 1.96. The van der Waals surface area contributed by atoms with Crippen molar-refractivity contribution in [1.29, 1.82) is 0 Å². The number of hydrogen-bond acceptors (Lipinski definition) is 3. The van der Waals surface area contributed by atoms with Crippen LogP contribution in [0.1, 0.15) is 16.8 Å². The van der Waals surface area contributed by atoms with Gasteiger partial charge in [-0.05, 0) is 12.5 Å². The number of nitrogens with two attached hydrogens (primary N) is 1. The minimum Gasteiger partial charge on any atom is -0.398 e. The van der Waals surface area contributed by atoms with Gasteiger partial charge in [-0.2, -0.15) is 0 Å².